The Labute approximate surface area is 119 Å². The van der Waals surface area contributed by atoms with E-state index in [-0.39, 0.29) is 11.9 Å². The molecular formula is C16H19N3O. The maximum Gasteiger partial charge on any atom is 0.237 e. The Morgan fingerprint density at radius 3 is 2.55 bits per heavy atom. The molecule has 1 amide bonds. The van der Waals surface area contributed by atoms with Crippen molar-refractivity contribution in [3.05, 3.63) is 66.0 Å². The molecule has 0 saturated heterocycles. The second kappa shape index (κ2) is 6.82. The molecule has 0 aliphatic rings. The minimum absolute atomic E-state index is 0.148. The quantitative estimate of drug-likeness (QED) is 0.870. The summed E-state index contributed by atoms with van der Waals surface area (Å²) in [6.45, 7) is 1.90. The fourth-order valence-corrected chi connectivity index (χ4v) is 1.99. The molecule has 2 atom stereocenters. The van der Waals surface area contributed by atoms with Crippen LogP contribution in [0.5, 0.6) is 0 Å². The summed E-state index contributed by atoms with van der Waals surface area (Å²) in [6.07, 6.45) is 2.24. The summed E-state index contributed by atoms with van der Waals surface area (Å²) in [5.74, 6) is -0.160. The van der Waals surface area contributed by atoms with Crippen LogP contribution in [0, 0.1) is 0 Å². The van der Waals surface area contributed by atoms with E-state index in [2.05, 4.69) is 10.3 Å². The van der Waals surface area contributed by atoms with Crippen molar-refractivity contribution >= 4 is 5.91 Å². The van der Waals surface area contributed by atoms with Gasteiger partial charge in [0, 0.05) is 6.20 Å². The third-order valence-electron chi connectivity index (χ3n) is 3.13. The Morgan fingerprint density at radius 1 is 1.20 bits per heavy atom. The lowest BCUT2D eigenvalue weighted by molar-refractivity contribution is -0.123. The number of carbonyl (C=O) groups excluding carboxylic acids is 1. The highest BCUT2D eigenvalue weighted by Gasteiger charge is 2.17. The average Bonchev–Trinajstić information content (AvgIpc) is 2.49. The molecule has 4 nitrogen and oxygen atoms in total. The Hall–Kier alpha value is -2.20. The Balaban J connectivity index is 1.91. The molecule has 2 aromatic rings. The minimum atomic E-state index is -0.552. The van der Waals surface area contributed by atoms with Gasteiger partial charge < -0.3 is 11.1 Å². The van der Waals surface area contributed by atoms with Crippen molar-refractivity contribution in [3.63, 3.8) is 0 Å². The molecule has 0 aliphatic heterocycles. The van der Waals surface area contributed by atoms with Crippen LogP contribution in [-0.2, 0) is 11.2 Å². The second-order valence-corrected chi connectivity index (χ2v) is 4.78. The van der Waals surface area contributed by atoms with Crippen molar-refractivity contribution in [2.75, 3.05) is 0 Å². The molecule has 0 saturated carbocycles. The zero-order valence-corrected chi connectivity index (χ0v) is 11.5. The first-order valence-corrected chi connectivity index (χ1v) is 6.67. The molecular weight excluding hydrogens is 250 g/mol. The molecule has 1 unspecified atom stereocenters. The van der Waals surface area contributed by atoms with E-state index in [1.165, 1.54) is 0 Å². The fraction of sp³-hybridized carbons (Fsp3) is 0.250. The molecule has 1 aromatic heterocycles. The molecule has 0 spiro atoms. The van der Waals surface area contributed by atoms with Crippen LogP contribution in [0.3, 0.4) is 0 Å². The SMILES string of the molecule is CC(NC(=O)[C@@H](N)Cc1ccccc1)c1ccccn1. The Kier molecular flexibility index (Phi) is 4.85. The van der Waals surface area contributed by atoms with Gasteiger partial charge in [-0.3, -0.25) is 9.78 Å². The van der Waals surface area contributed by atoms with Crippen LogP contribution in [-0.4, -0.2) is 16.9 Å². The number of amides is 1. The van der Waals surface area contributed by atoms with Gasteiger partial charge in [0.15, 0.2) is 0 Å². The zero-order chi connectivity index (χ0) is 14.4. The fourth-order valence-electron chi connectivity index (χ4n) is 1.99. The van der Waals surface area contributed by atoms with Gasteiger partial charge in [0.25, 0.3) is 0 Å². The predicted octanol–water partition coefficient (Wildman–Crippen LogP) is 1.83. The van der Waals surface area contributed by atoms with Crippen molar-refractivity contribution in [2.24, 2.45) is 5.73 Å². The number of nitrogens with zero attached hydrogens (tertiary/aromatic N) is 1. The number of nitrogens with one attached hydrogen (secondary N) is 1. The van der Waals surface area contributed by atoms with Gasteiger partial charge in [0.05, 0.1) is 17.8 Å². The summed E-state index contributed by atoms with van der Waals surface area (Å²) in [6, 6.07) is 14.7. The highest BCUT2D eigenvalue weighted by Crippen LogP contribution is 2.09. The first kappa shape index (κ1) is 14.2. The van der Waals surface area contributed by atoms with E-state index in [1.807, 2.05) is 55.5 Å². The van der Waals surface area contributed by atoms with Crippen LogP contribution >= 0.6 is 0 Å². The van der Waals surface area contributed by atoms with E-state index in [0.717, 1.165) is 11.3 Å². The normalized spacial score (nSPS) is 13.5. The molecule has 0 fully saturated rings. The molecule has 1 heterocycles. The Morgan fingerprint density at radius 2 is 1.90 bits per heavy atom. The lowest BCUT2D eigenvalue weighted by Gasteiger charge is -2.17. The number of hydrogen-bond acceptors (Lipinski definition) is 3. The van der Waals surface area contributed by atoms with E-state index < -0.39 is 6.04 Å². The van der Waals surface area contributed by atoms with Crippen molar-refractivity contribution in [2.45, 2.75) is 25.4 Å². The number of carbonyl (C=O) groups is 1. The van der Waals surface area contributed by atoms with E-state index in [0.29, 0.717) is 6.42 Å². The maximum atomic E-state index is 12.1. The van der Waals surface area contributed by atoms with Gasteiger partial charge in [-0.25, -0.2) is 0 Å². The van der Waals surface area contributed by atoms with Gasteiger partial charge in [-0.1, -0.05) is 36.4 Å². The van der Waals surface area contributed by atoms with Gasteiger partial charge >= 0.3 is 0 Å². The van der Waals surface area contributed by atoms with Crippen LogP contribution in [0.15, 0.2) is 54.7 Å². The molecule has 0 radical (unpaired) electrons. The standard InChI is InChI=1S/C16H19N3O/c1-12(15-9-5-6-10-18-15)19-16(20)14(17)11-13-7-3-2-4-8-13/h2-10,12,14H,11,17H2,1H3,(H,19,20)/t12?,14-/m0/s1. The van der Waals surface area contributed by atoms with Crippen LogP contribution in [0.25, 0.3) is 0 Å². The summed E-state index contributed by atoms with van der Waals surface area (Å²) in [7, 11) is 0. The summed E-state index contributed by atoms with van der Waals surface area (Å²) >= 11 is 0. The van der Waals surface area contributed by atoms with Crippen molar-refractivity contribution in [1.29, 1.82) is 0 Å². The summed E-state index contributed by atoms with van der Waals surface area (Å²) in [5.41, 5.74) is 7.83. The van der Waals surface area contributed by atoms with E-state index in [1.54, 1.807) is 6.20 Å². The summed E-state index contributed by atoms with van der Waals surface area (Å²) in [5, 5.41) is 2.89. The average molecular weight is 269 g/mol. The lowest BCUT2D eigenvalue weighted by Crippen LogP contribution is -2.43. The maximum absolute atomic E-state index is 12.1. The van der Waals surface area contributed by atoms with E-state index in [9.17, 15) is 4.79 Å². The minimum Gasteiger partial charge on any atom is -0.347 e. The number of hydrogen-bond donors (Lipinski definition) is 2. The summed E-state index contributed by atoms with van der Waals surface area (Å²) in [4.78, 5) is 16.3. The number of aromatic nitrogens is 1. The third-order valence-corrected chi connectivity index (χ3v) is 3.13. The van der Waals surface area contributed by atoms with Crippen LogP contribution in [0.2, 0.25) is 0 Å². The largest absolute Gasteiger partial charge is 0.347 e. The molecule has 3 N–H and O–H groups in total. The lowest BCUT2D eigenvalue weighted by atomic mass is 10.1. The van der Waals surface area contributed by atoms with Crippen LogP contribution in [0.1, 0.15) is 24.2 Å². The third kappa shape index (κ3) is 3.90. The molecule has 4 heteroatoms. The number of rotatable bonds is 5. The smallest absolute Gasteiger partial charge is 0.237 e. The molecule has 1 aromatic carbocycles. The van der Waals surface area contributed by atoms with Gasteiger partial charge in [-0.2, -0.15) is 0 Å². The van der Waals surface area contributed by atoms with Crippen molar-refractivity contribution in [3.8, 4) is 0 Å². The van der Waals surface area contributed by atoms with E-state index >= 15 is 0 Å². The molecule has 104 valence electrons. The second-order valence-electron chi connectivity index (χ2n) is 4.78. The topological polar surface area (TPSA) is 68.0 Å². The van der Waals surface area contributed by atoms with Gasteiger partial charge in [0.2, 0.25) is 5.91 Å². The van der Waals surface area contributed by atoms with Crippen LogP contribution < -0.4 is 11.1 Å². The van der Waals surface area contributed by atoms with Crippen LogP contribution in [0.4, 0.5) is 0 Å². The molecule has 0 aliphatic carbocycles. The van der Waals surface area contributed by atoms with Gasteiger partial charge in [-0.05, 0) is 31.0 Å². The highest BCUT2D eigenvalue weighted by atomic mass is 16.2. The monoisotopic (exact) mass is 269 g/mol. The van der Waals surface area contributed by atoms with E-state index in [4.69, 9.17) is 5.73 Å². The van der Waals surface area contributed by atoms with Crippen molar-refractivity contribution < 1.29 is 4.79 Å². The van der Waals surface area contributed by atoms with Crippen molar-refractivity contribution in [1.82, 2.24) is 10.3 Å². The first-order chi connectivity index (χ1) is 9.66. The number of nitrogens with two attached hydrogens (primary N) is 1. The Bertz CT molecular complexity index is 542. The highest BCUT2D eigenvalue weighted by molar-refractivity contribution is 5.82. The summed E-state index contributed by atoms with van der Waals surface area (Å²) < 4.78 is 0. The molecule has 20 heavy (non-hydrogen) atoms. The first-order valence-electron chi connectivity index (χ1n) is 6.67. The number of benzene rings is 1. The predicted molar refractivity (Wildman–Crippen MR) is 78.9 cm³/mol. The van der Waals surface area contributed by atoms with Gasteiger partial charge in [0.1, 0.15) is 0 Å². The molecule has 0 bridgehead atoms. The molecule has 2 rings (SSSR count). The number of pyridine rings is 1. The zero-order valence-electron chi connectivity index (χ0n) is 11.5. The van der Waals surface area contributed by atoms with Gasteiger partial charge in [-0.15, -0.1) is 0 Å².